The van der Waals surface area contributed by atoms with Gasteiger partial charge < -0.3 is 4.74 Å². The standard InChI is InChI=1S/C31H26F3N5O4S2/c1-18(2)22-6-4-5-7-25(22)36-30-39(27(40)16-44-30)35-15-19-8-13-23-26(14-19)45(41,42)17-24-28(23)37-38(3)29(24)20-9-11-21(12-10-20)43-31(32,33)34/h4-15,18H,16-17H2,1-3H3/b35-15+,36-30?. The van der Waals surface area contributed by atoms with Crippen LogP contribution in [0.5, 0.6) is 5.75 Å². The van der Waals surface area contributed by atoms with Crippen molar-refractivity contribution >= 4 is 44.6 Å². The van der Waals surface area contributed by atoms with Gasteiger partial charge >= 0.3 is 6.36 Å². The number of aliphatic imine (C=N–C) groups is 1. The molecule has 0 saturated carbocycles. The van der Waals surface area contributed by atoms with Crippen molar-refractivity contribution in [2.75, 3.05) is 5.75 Å². The third-order valence-corrected chi connectivity index (χ3v) is 9.87. The number of carbonyl (C=O) groups excluding carboxylic acids is 1. The first-order chi connectivity index (χ1) is 21.3. The van der Waals surface area contributed by atoms with Crippen LogP contribution in [0.4, 0.5) is 18.9 Å². The number of rotatable bonds is 6. The van der Waals surface area contributed by atoms with E-state index in [0.29, 0.717) is 38.8 Å². The summed E-state index contributed by atoms with van der Waals surface area (Å²) in [4.78, 5) is 17.4. The zero-order valence-electron chi connectivity index (χ0n) is 24.2. The minimum Gasteiger partial charge on any atom is -0.406 e. The Bertz CT molecular complexity index is 1980. The number of amides is 1. The van der Waals surface area contributed by atoms with E-state index in [1.54, 1.807) is 19.2 Å². The highest BCUT2D eigenvalue weighted by atomic mass is 32.2. The quantitative estimate of drug-likeness (QED) is 0.216. The maximum Gasteiger partial charge on any atom is 0.573 e. The molecular weight excluding hydrogens is 628 g/mol. The zero-order valence-corrected chi connectivity index (χ0v) is 25.9. The molecule has 1 saturated heterocycles. The van der Waals surface area contributed by atoms with Gasteiger partial charge in [-0.3, -0.25) is 9.48 Å². The van der Waals surface area contributed by atoms with Crippen LogP contribution in [0.3, 0.4) is 0 Å². The summed E-state index contributed by atoms with van der Waals surface area (Å²) in [5, 5.41) is 10.6. The molecule has 0 spiro atoms. The summed E-state index contributed by atoms with van der Waals surface area (Å²) in [6.07, 6.45) is -3.40. The first-order valence-corrected chi connectivity index (χ1v) is 16.4. The van der Waals surface area contributed by atoms with Crippen LogP contribution < -0.4 is 4.74 Å². The van der Waals surface area contributed by atoms with Crippen LogP contribution in [0, 0.1) is 0 Å². The first kappa shape index (κ1) is 30.6. The monoisotopic (exact) mass is 653 g/mol. The normalized spacial score (nSPS) is 16.9. The molecule has 0 unspecified atom stereocenters. The zero-order chi connectivity index (χ0) is 32.1. The molecule has 1 fully saturated rings. The molecule has 4 aromatic rings. The predicted molar refractivity (Wildman–Crippen MR) is 166 cm³/mol. The molecule has 6 rings (SSSR count). The Balaban J connectivity index is 1.31. The highest BCUT2D eigenvalue weighted by molar-refractivity contribution is 8.15. The van der Waals surface area contributed by atoms with Crippen molar-refractivity contribution < 1.29 is 31.1 Å². The lowest BCUT2D eigenvalue weighted by molar-refractivity contribution is -0.274. The fourth-order valence-corrected chi connectivity index (χ4v) is 7.72. The van der Waals surface area contributed by atoms with Crippen LogP contribution in [-0.2, 0) is 27.4 Å². The van der Waals surface area contributed by atoms with E-state index in [9.17, 15) is 26.4 Å². The number of sulfone groups is 1. The number of aromatic nitrogens is 2. The van der Waals surface area contributed by atoms with E-state index < -0.39 is 16.2 Å². The number of para-hydroxylation sites is 1. The average molecular weight is 654 g/mol. The van der Waals surface area contributed by atoms with Crippen molar-refractivity contribution in [2.45, 2.75) is 36.8 Å². The van der Waals surface area contributed by atoms with Crippen molar-refractivity contribution in [2.24, 2.45) is 17.1 Å². The lowest BCUT2D eigenvalue weighted by Crippen LogP contribution is -2.24. The van der Waals surface area contributed by atoms with Gasteiger partial charge in [0.2, 0.25) is 0 Å². The number of alkyl halides is 3. The molecule has 9 nitrogen and oxygen atoms in total. The molecule has 0 atom stereocenters. The number of carbonyl (C=O) groups is 1. The summed E-state index contributed by atoms with van der Waals surface area (Å²) in [5.74, 6) is -0.570. The summed E-state index contributed by atoms with van der Waals surface area (Å²) in [5.41, 5.74) is 4.51. The lowest BCUT2D eigenvalue weighted by Gasteiger charge is -2.18. The fourth-order valence-electron chi connectivity index (χ4n) is 5.29. The molecule has 45 heavy (non-hydrogen) atoms. The van der Waals surface area contributed by atoms with Crippen LogP contribution in [0.1, 0.15) is 36.5 Å². The number of ether oxygens (including phenoxy) is 1. The Morgan fingerprint density at radius 1 is 1.07 bits per heavy atom. The molecule has 2 aliphatic heterocycles. The van der Waals surface area contributed by atoms with E-state index >= 15 is 0 Å². The molecule has 0 radical (unpaired) electrons. The van der Waals surface area contributed by atoms with E-state index in [2.05, 4.69) is 28.8 Å². The molecule has 1 amide bonds. The fraction of sp³-hybridized carbons (Fsp3) is 0.226. The number of thioether (sulfide) groups is 1. The van der Waals surface area contributed by atoms with Crippen LogP contribution in [0.2, 0.25) is 0 Å². The number of hydrazone groups is 1. The average Bonchev–Trinajstić information content (AvgIpc) is 3.49. The Labute approximate surface area is 261 Å². The third kappa shape index (κ3) is 6.12. The van der Waals surface area contributed by atoms with Gasteiger partial charge in [0, 0.05) is 23.7 Å². The van der Waals surface area contributed by atoms with Gasteiger partial charge in [0.1, 0.15) is 5.75 Å². The van der Waals surface area contributed by atoms with Gasteiger partial charge in [-0.25, -0.2) is 13.4 Å². The summed E-state index contributed by atoms with van der Waals surface area (Å²) < 4.78 is 70.3. The van der Waals surface area contributed by atoms with Crippen LogP contribution in [-0.4, -0.2) is 52.6 Å². The Morgan fingerprint density at radius 2 is 1.80 bits per heavy atom. The molecule has 232 valence electrons. The minimum atomic E-state index is -4.83. The highest BCUT2D eigenvalue weighted by Crippen LogP contribution is 2.42. The molecule has 3 heterocycles. The van der Waals surface area contributed by atoms with E-state index in [1.807, 2.05) is 24.3 Å². The van der Waals surface area contributed by atoms with E-state index in [-0.39, 0.29) is 34.0 Å². The largest absolute Gasteiger partial charge is 0.573 e. The smallest absolute Gasteiger partial charge is 0.406 e. The summed E-state index contributed by atoms with van der Waals surface area (Å²) >= 11 is 1.28. The van der Waals surface area contributed by atoms with Crippen LogP contribution >= 0.6 is 11.8 Å². The summed E-state index contributed by atoms with van der Waals surface area (Å²) in [7, 11) is -2.19. The van der Waals surface area contributed by atoms with Gasteiger partial charge in [-0.1, -0.05) is 55.9 Å². The van der Waals surface area contributed by atoms with Crippen LogP contribution in [0.15, 0.2) is 81.7 Å². The van der Waals surface area contributed by atoms with Gasteiger partial charge in [-0.2, -0.15) is 15.2 Å². The van der Waals surface area contributed by atoms with Crippen molar-refractivity contribution in [3.8, 4) is 28.3 Å². The first-order valence-electron chi connectivity index (χ1n) is 13.8. The number of aryl methyl sites for hydroxylation is 1. The second-order valence-corrected chi connectivity index (χ2v) is 13.6. The number of amidine groups is 1. The topological polar surface area (TPSA) is 106 Å². The molecule has 2 aliphatic rings. The molecule has 14 heteroatoms. The lowest BCUT2D eigenvalue weighted by atomic mass is 10.0. The second-order valence-electron chi connectivity index (χ2n) is 10.7. The Morgan fingerprint density at radius 3 is 2.51 bits per heavy atom. The van der Waals surface area contributed by atoms with E-state index in [0.717, 1.165) is 11.3 Å². The SMILES string of the molecule is CC(C)c1ccccc1N=C1SCC(=O)N1/N=C/c1ccc2c(c1)S(=O)(=O)Cc1c-2nn(C)c1-c1ccc(OC(F)(F)F)cc1. The third-order valence-electron chi connectivity index (χ3n) is 7.28. The Hall–Kier alpha value is -4.43. The summed E-state index contributed by atoms with van der Waals surface area (Å²) in [6.45, 7) is 4.13. The molecule has 1 aromatic heterocycles. The minimum absolute atomic E-state index is 0.0689. The number of halogens is 3. The molecule has 0 bridgehead atoms. The van der Waals surface area contributed by atoms with Gasteiger partial charge in [0.05, 0.1) is 39.7 Å². The van der Waals surface area contributed by atoms with E-state index in [4.69, 9.17) is 4.99 Å². The number of hydrogen-bond donors (Lipinski definition) is 0. The van der Waals surface area contributed by atoms with E-state index in [1.165, 1.54) is 58.0 Å². The molecule has 0 N–H and O–H groups in total. The predicted octanol–water partition coefficient (Wildman–Crippen LogP) is 6.66. The van der Waals surface area contributed by atoms with Crippen molar-refractivity contribution in [3.05, 3.63) is 83.4 Å². The Kier molecular flexibility index (Phi) is 7.81. The van der Waals surface area contributed by atoms with Gasteiger partial charge in [0.15, 0.2) is 15.0 Å². The van der Waals surface area contributed by atoms with Gasteiger partial charge in [0.25, 0.3) is 5.91 Å². The van der Waals surface area contributed by atoms with Gasteiger partial charge in [-0.05, 0) is 53.4 Å². The second kappa shape index (κ2) is 11.5. The van der Waals surface area contributed by atoms with Gasteiger partial charge in [-0.15, -0.1) is 13.2 Å². The number of hydrogen-bond acceptors (Lipinski definition) is 8. The van der Waals surface area contributed by atoms with Crippen molar-refractivity contribution in [1.82, 2.24) is 14.8 Å². The number of benzene rings is 3. The number of nitrogens with zero attached hydrogens (tertiary/aromatic N) is 5. The summed E-state index contributed by atoms with van der Waals surface area (Å²) in [6, 6.07) is 17.7. The van der Waals surface area contributed by atoms with Crippen molar-refractivity contribution in [1.29, 1.82) is 0 Å². The molecular formula is C31H26F3N5O4S2. The van der Waals surface area contributed by atoms with Crippen molar-refractivity contribution in [3.63, 3.8) is 0 Å². The molecule has 0 aliphatic carbocycles. The van der Waals surface area contributed by atoms with Crippen LogP contribution in [0.25, 0.3) is 22.5 Å². The maximum absolute atomic E-state index is 13.5. The highest BCUT2D eigenvalue weighted by Gasteiger charge is 2.35. The maximum atomic E-state index is 13.5. The number of fused-ring (bicyclic) bond motifs is 3. The molecule has 3 aromatic carbocycles.